The van der Waals surface area contributed by atoms with Crippen LogP contribution in [0.2, 0.25) is 0 Å². The third kappa shape index (κ3) is 2.56. The van der Waals surface area contributed by atoms with E-state index in [0.717, 1.165) is 19.6 Å². The molecule has 1 amide bonds. The minimum Gasteiger partial charge on any atom is -0.506 e. The number of rotatable bonds is 1. The molecule has 2 aliphatic heterocycles. The zero-order chi connectivity index (χ0) is 13.2. The van der Waals surface area contributed by atoms with E-state index in [9.17, 15) is 9.90 Å². The van der Waals surface area contributed by atoms with Crippen LogP contribution in [0.4, 0.5) is 0 Å². The van der Waals surface area contributed by atoms with Gasteiger partial charge in [-0.1, -0.05) is 6.42 Å². The van der Waals surface area contributed by atoms with Crippen LogP contribution in [0.5, 0.6) is 5.75 Å². The van der Waals surface area contributed by atoms with Crippen molar-refractivity contribution in [1.82, 2.24) is 14.8 Å². The van der Waals surface area contributed by atoms with E-state index in [1.165, 1.54) is 44.3 Å². The van der Waals surface area contributed by atoms with Crippen LogP contribution in [0, 0.1) is 0 Å². The number of amides is 1. The number of carbonyl (C=O) groups excluding carboxylic acids is 1. The van der Waals surface area contributed by atoms with Gasteiger partial charge in [0.2, 0.25) is 0 Å². The monoisotopic (exact) mass is 261 g/mol. The zero-order valence-corrected chi connectivity index (χ0v) is 11.0. The van der Waals surface area contributed by atoms with E-state index in [1.54, 1.807) is 0 Å². The Morgan fingerprint density at radius 1 is 1.26 bits per heavy atom. The summed E-state index contributed by atoms with van der Waals surface area (Å²) in [4.78, 5) is 20.6. The summed E-state index contributed by atoms with van der Waals surface area (Å²) in [5, 5.41) is 9.41. The topological polar surface area (TPSA) is 56.7 Å². The number of piperazine rings is 1. The third-order valence-corrected chi connectivity index (χ3v) is 4.10. The highest BCUT2D eigenvalue weighted by Crippen LogP contribution is 2.22. The molecule has 3 heterocycles. The number of hydrogen-bond donors (Lipinski definition) is 1. The molecule has 19 heavy (non-hydrogen) atoms. The van der Waals surface area contributed by atoms with E-state index in [-0.39, 0.29) is 11.7 Å². The summed E-state index contributed by atoms with van der Waals surface area (Å²) in [6.07, 6.45) is 6.59. The second kappa shape index (κ2) is 5.17. The van der Waals surface area contributed by atoms with E-state index in [4.69, 9.17) is 0 Å². The minimum absolute atomic E-state index is 0.0198. The molecule has 0 aromatic carbocycles. The first kappa shape index (κ1) is 12.4. The van der Waals surface area contributed by atoms with Crippen molar-refractivity contribution in [3.63, 3.8) is 0 Å². The van der Waals surface area contributed by atoms with Crippen LogP contribution in [-0.4, -0.2) is 58.0 Å². The molecule has 102 valence electrons. The van der Waals surface area contributed by atoms with Crippen molar-refractivity contribution in [3.05, 3.63) is 24.0 Å². The fourth-order valence-corrected chi connectivity index (χ4v) is 3.07. The Morgan fingerprint density at radius 3 is 3.00 bits per heavy atom. The van der Waals surface area contributed by atoms with Gasteiger partial charge in [0, 0.05) is 31.9 Å². The summed E-state index contributed by atoms with van der Waals surface area (Å²) in [7, 11) is 0. The average molecular weight is 261 g/mol. The Hall–Kier alpha value is -1.62. The van der Waals surface area contributed by atoms with Crippen molar-refractivity contribution >= 4 is 5.91 Å². The molecule has 2 saturated heterocycles. The summed E-state index contributed by atoms with van der Waals surface area (Å²) < 4.78 is 0. The quantitative estimate of drug-likeness (QED) is 0.822. The summed E-state index contributed by atoms with van der Waals surface area (Å²) in [5.74, 6) is 0.0239. The predicted molar refractivity (Wildman–Crippen MR) is 71.0 cm³/mol. The Labute approximate surface area is 112 Å². The van der Waals surface area contributed by atoms with Gasteiger partial charge in [0.1, 0.15) is 5.75 Å². The highest BCUT2D eigenvalue weighted by Gasteiger charge is 2.31. The van der Waals surface area contributed by atoms with Crippen LogP contribution in [-0.2, 0) is 0 Å². The second-order valence-electron chi connectivity index (χ2n) is 5.37. The molecule has 3 rings (SSSR count). The fraction of sp³-hybridized carbons (Fsp3) is 0.571. The van der Waals surface area contributed by atoms with E-state index < -0.39 is 0 Å². The fourth-order valence-electron chi connectivity index (χ4n) is 3.07. The van der Waals surface area contributed by atoms with Crippen molar-refractivity contribution in [2.75, 3.05) is 26.2 Å². The van der Waals surface area contributed by atoms with Crippen LogP contribution >= 0.6 is 0 Å². The van der Waals surface area contributed by atoms with E-state index in [1.807, 2.05) is 4.90 Å². The smallest absolute Gasteiger partial charge is 0.255 e. The van der Waals surface area contributed by atoms with Gasteiger partial charge >= 0.3 is 0 Å². The lowest BCUT2D eigenvalue weighted by Crippen LogP contribution is -2.56. The Morgan fingerprint density at radius 2 is 2.16 bits per heavy atom. The van der Waals surface area contributed by atoms with Crippen molar-refractivity contribution < 1.29 is 9.90 Å². The number of hydrogen-bond acceptors (Lipinski definition) is 4. The largest absolute Gasteiger partial charge is 0.506 e. The first-order chi connectivity index (χ1) is 9.24. The molecule has 1 atom stereocenters. The molecule has 0 saturated carbocycles. The molecule has 0 unspecified atom stereocenters. The molecule has 1 aromatic heterocycles. The molecule has 5 nitrogen and oxygen atoms in total. The molecule has 0 aliphatic carbocycles. The van der Waals surface area contributed by atoms with Gasteiger partial charge in [-0.25, -0.2) is 0 Å². The zero-order valence-electron chi connectivity index (χ0n) is 11.0. The summed E-state index contributed by atoms with van der Waals surface area (Å²) in [5.41, 5.74) is 0.476. The molecule has 1 aromatic rings. The van der Waals surface area contributed by atoms with Crippen molar-refractivity contribution in [3.8, 4) is 5.75 Å². The summed E-state index contributed by atoms with van der Waals surface area (Å²) >= 11 is 0. The number of piperidine rings is 1. The normalized spacial score (nSPS) is 24.0. The number of aromatic hydroxyl groups is 1. The number of fused-ring (bicyclic) bond motifs is 1. The molecule has 5 heteroatoms. The summed E-state index contributed by atoms with van der Waals surface area (Å²) in [6.45, 7) is 3.70. The number of aromatic nitrogens is 1. The molecule has 2 fully saturated rings. The SMILES string of the molecule is O=C(c1cncc(O)c1)N1CCN2CCCC[C@@H]2C1. The number of pyridine rings is 1. The number of carbonyl (C=O) groups is 1. The maximum atomic E-state index is 12.4. The van der Waals surface area contributed by atoms with E-state index in [0.29, 0.717) is 11.6 Å². The molecular formula is C14H19N3O2. The van der Waals surface area contributed by atoms with Crippen molar-refractivity contribution in [2.45, 2.75) is 25.3 Å². The van der Waals surface area contributed by atoms with Gasteiger partial charge in [-0.3, -0.25) is 14.7 Å². The van der Waals surface area contributed by atoms with Gasteiger partial charge < -0.3 is 10.0 Å². The molecule has 0 spiro atoms. The lowest BCUT2D eigenvalue weighted by atomic mass is 9.99. The standard InChI is InChI=1S/C14H19N3O2/c18-13-7-11(8-15-9-13)14(19)17-6-5-16-4-2-1-3-12(16)10-17/h7-9,12,18H,1-6,10H2/t12-/m1/s1. The van der Waals surface area contributed by atoms with Crippen LogP contribution in [0.15, 0.2) is 18.5 Å². The molecule has 1 N–H and O–H groups in total. The van der Waals surface area contributed by atoms with Crippen LogP contribution in [0.1, 0.15) is 29.6 Å². The minimum atomic E-state index is -0.0198. The molecule has 2 aliphatic rings. The molecule has 0 radical (unpaired) electrons. The van der Waals surface area contributed by atoms with Gasteiger partial charge in [-0.15, -0.1) is 0 Å². The van der Waals surface area contributed by atoms with Gasteiger partial charge in [0.15, 0.2) is 0 Å². The predicted octanol–water partition coefficient (Wildman–Crippen LogP) is 1.10. The second-order valence-corrected chi connectivity index (χ2v) is 5.37. The lowest BCUT2D eigenvalue weighted by molar-refractivity contribution is 0.0372. The van der Waals surface area contributed by atoms with Crippen molar-refractivity contribution in [1.29, 1.82) is 0 Å². The van der Waals surface area contributed by atoms with Gasteiger partial charge in [0.05, 0.1) is 11.8 Å². The van der Waals surface area contributed by atoms with Crippen LogP contribution in [0.25, 0.3) is 0 Å². The highest BCUT2D eigenvalue weighted by atomic mass is 16.3. The number of nitrogens with zero attached hydrogens (tertiary/aromatic N) is 3. The summed E-state index contributed by atoms with van der Waals surface area (Å²) in [6, 6.07) is 2.00. The first-order valence-electron chi connectivity index (χ1n) is 6.91. The van der Waals surface area contributed by atoms with Crippen LogP contribution in [0.3, 0.4) is 0 Å². The van der Waals surface area contributed by atoms with Gasteiger partial charge in [-0.05, 0) is 25.5 Å². The molecule has 0 bridgehead atoms. The van der Waals surface area contributed by atoms with E-state index in [2.05, 4.69) is 9.88 Å². The Balaban J connectivity index is 1.71. The maximum Gasteiger partial charge on any atom is 0.255 e. The third-order valence-electron chi connectivity index (χ3n) is 4.10. The van der Waals surface area contributed by atoms with E-state index >= 15 is 0 Å². The lowest BCUT2D eigenvalue weighted by Gasteiger charge is -2.44. The van der Waals surface area contributed by atoms with Gasteiger partial charge in [-0.2, -0.15) is 0 Å². The highest BCUT2D eigenvalue weighted by molar-refractivity contribution is 5.94. The Bertz CT molecular complexity index is 478. The van der Waals surface area contributed by atoms with Crippen molar-refractivity contribution in [2.24, 2.45) is 0 Å². The van der Waals surface area contributed by atoms with Gasteiger partial charge in [0.25, 0.3) is 5.91 Å². The maximum absolute atomic E-state index is 12.4. The average Bonchev–Trinajstić information content (AvgIpc) is 2.46. The first-order valence-corrected chi connectivity index (χ1v) is 6.91. The Kier molecular flexibility index (Phi) is 3.38. The molecular weight excluding hydrogens is 242 g/mol. The van der Waals surface area contributed by atoms with Crippen LogP contribution < -0.4 is 0 Å².